The van der Waals surface area contributed by atoms with Gasteiger partial charge in [-0.25, -0.2) is 0 Å². The molecule has 5 heteroatoms. The summed E-state index contributed by atoms with van der Waals surface area (Å²) in [6, 6.07) is 6.32. The lowest BCUT2D eigenvalue weighted by molar-refractivity contribution is -0.129. The Morgan fingerprint density at radius 2 is 2.21 bits per heavy atom. The Labute approximate surface area is 121 Å². The van der Waals surface area contributed by atoms with Crippen LogP contribution in [0, 0.1) is 0 Å². The van der Waals surface area contributed by atoms with Gasteiger partial charge in [-0.1, -0.05) is 6.07 Å². The molecule has 2 aliphatic heterocycles. The molecule has 2 saturated heterocycles. The first-order valence-electron chi connectivity index (χ1n) is 6.63. The third-order valence-corrected chi connectivity index (χ3v) is 4.67. The molecule has 1 aromatic carbocycles. The van der Waals surface area contributed by atoms with E-state index in [0.717, 1.165) is 41.8 Å². The largest absolute Gasteiger partial charge is 0.392 e. The van der Waals surface area contributed by atoms with E-state index in [2.05, 4.69) is 20.8 Å². The molecule has 19 heavy (non-hydrogen) atoms. The maximum absolute atomic E-state index is 11.7. The molecule has 0 bridgehead atoms. The number of benzene rings is 1. The zero-order valence-corrected chi connectivity index (χ0v) is 12.3. The summed E-state index contributed by atoms with van der Waals surface area (Å²) in [5.41, 5.74) is 2.06. The first kappa shape index (κ1) is 12.9. The monoisotopic (exact) mass is 324 g/mol. The van der Waals surface area contributed by atoms with E-state index < -0.39 is 0 Å². The Morgan fingerprint density at radius 1 is 1.37 bits per heavy atom. The van der Waals surface area contributed by atoms with Gasteiger partial charge in [-0.3, -0.25) is 4.79 Å². The van der Waals surface area contributed by atoms with E-state index in [1.54, 1.807) is 0 Å². The second-order valence-corrected chi connectivity index (χ2v) is 6.02. The normalized spacial score (nSPS) is 22.8. The minimum absolute atomic E-state index is 0.0593. The van der Waals surface area contributed by atoms with Gasteiger partial charge in [0.2, 0.25) is 5.91 Å². The van der Waals surface area contributed by atoms with Crippen molar-refractivity contribution in [3.63, 3.8) is 0 Å². The number of anilines is 1. The molecule has 2 fully saturated rings. The molecule has 3 rings (SSSR count). The van der Waals surface area contributed by atoms with Gasteiger partial charge in [-0.2, -0.15) is 0 Å². The average molecular weight is 325 g/mol. The fourth-order valence-corrected chi connectivity index (χ4v) is 3.67. The second-order valence-electron chi connectivity index (χ2n) is 5.17. The maximum Gasteiger partial charge on any atom is 0.223 e. The van der Waals surface area contributed by atoms with Gasteiger partial charge >= 0.3 is 0 Å². The van der Waals surface area contributed by atoms with Crippen LogP contribution < -0.4 is 4.90 Å². The molecule has 1 atom stereocenters. The predicted octanol–water partition coefficient (Wildman–Crippen LogP) is 1.75. The van der Waals surface area contributed by atoms with E-state index in [0.29, 0.717) is 18.4 Å². The van der Waals surface area contributed by atoms with Gasteiger partial charge in [-0.15, -0.1) is 0 Å². The number of piperazine rings is 1. The van der Waals surface area contributed by atoms with Gasteiger partial charge in [-0.05, 0) is 40.0 Å². The fraction of sp³-hybridized carbons (Fsp3) is 0.500. The van der Waals surface area contributed by atoms with Crippen molar-refractivity contribution in [2.75, 3.05) is 24.5 Å². The van der Waals surface area contributed by atoms with Crippen molar-refractivity contribution in [1.29, 1.82) is 0 Å². The summed E-state index contributed by atoms with van der Waals surface area (Å²) in [5, 5.41) is 9.14. The predicted molar refractivity (Wildman–Crippen MR) is 77.0 cm³/mol. The minimum atomic E-state index is 0.0593. The summed E-state index contributed by atoms with van der Waals surface area (Å²) in [5.74, 6) is 0.305. The number of carbonyl (C=O) groups excluding carboxylic acids is 1. The number of aliphatic hydroxyl groups is 1. The smallest absolute Gasteiger partial charge is 0.223 e. The lowest BCUT2D eigenvalue weighted by Gasteiger charge is -2.39. The number of amides is 1. The van der Waals surface area contributed by atoms with Crippen LogP contribution in [0.4, 0.5) is 5.69 Å². The van der Waals surface area contributed by atoms with Crippen LogP contribution in [-0.2, 0) is 11.4 Å². The lowest BCUT2D eigenvalue weighted by Crippen LogP contribution is -2.51. The molecule has 1 unspecified atom stereocenters. The highest BCUT2D eigenvalue weighted by Gasteiger charge is 2.35. The number of hydrogen-bond acceptors (Lipinski definition) is 3. The first-order chi connectivity index (χ1) is 9.19. The molecule has 0 aliphatic carbocycles. The number of aliphatic hydroxyl groups excluding tert-OH is 1. The van der Waals surface area contributed by atoms with Crippen LogP contribution in [0.15, 0.2) is 22.7 Å². The lowest BCUT2D eigenvalue weighted by atomic mass is 10.1. The van der Waals surface area contributed by atoms with Crippen molar-refractivity contribution >= 4 is 27.5 Å². The second kappa shape index (κ2) is 5.13. The Kier molecular flexibility index (Phi) is 3.50. The number of nitrogens with zero attached hydrogens (tertiary/aromatic N) is 2. The molecular formula is C14H17BrN2O2. The Hall–Kier alpha value is -1.07. The van der Waals surface area contributed by atoms with Gasteiger partial charge < -0.3 is 14.9 Å². The Balaban J connectivity index is 1.79. The molecule has 102 valence electrons. The summed E-state index contributed by atoms with van der Waals surface area (Å²) in [4.78, 5) is 16.0. The SMILES string of the molecule is O=C1CCC2CN(c3ccc(CO)cc3Br)CCN12. The molecule has 1 amide bonds. The van der Waals surface area contributed by atoms with Crippen LogP contribution in [0.5, 0.6) is 0 Å². The number of halogens is 1. The molecule has 1 N–H and O–H groups in total. The topological polar surface area (TPSA) is 43.8 Å². The standard InChI is InChI=1S/C14H17BrN2O2/c15-12-7-10(9-18)1-3-13(12)16-5-6-17-11(8-16)2-4-14(17)19/h1,3,7,11,18H,2,4-6,8-9H2. The van der Waals surface area contributed by atoms with Crippen molar-refractivity contribution in [3.8, 4) is 0 Å². The third kappa shape index (κ3) is 2.37. The molecule has 2 heterocycles. The van der Waals surface area contributed by atoms with Gasteiger partial charge in [0.15, 0.2) is 0 Å². The van der Waals surface area contributed by atoms with E-state index >= 15 is 0 Å². The van der Waals surface area contributed by atoms with Crippen LogP contribution in [0.1, 0.15) is 18.4 Å². The molecular weight excluding hydrogens is 308 g/mol. The van der Waals surface area contributed by atoms with E-state index in [-0.39, 0.29) is 6.61 Å². The summed E-state index contributed by atoms with van der Waals surface area (Å²) >= 11 is 3.57. The van der Waals surface area contributed by atoms with Gasteiger partial charge in [0.1, 0.15) is 0 Å². The van der Waals surface area contributed by atoms with Crippen LogP contribution in [0.2, 0.25) is 0 Å². The Bertz CT molecular complexity index is 506. The van der Waals surface area contributed by atoms with E-state index in [1.165, 1.54) is 0 Å². The fourth-order valence-electron chi connectivity index (χ4n) is 2.99. The van der Waals surface area contributed by atoms with Crippen LogP contribution >= 0.6 is 15.9 Å². The van der Waals surface area contributed by atoms with Crippen molar-refractivity contribution in [3.05, 3.63) is 28.2 Å². The highest BCUT2D eigenvalue weighted by Crippen LogP contribution is 2.31. The van der Waals surface area contributed by atoms with Crippen LogP contribution in [-0.4, -0.2) is 41.6 Å². The number of rotatable bonds is 2. The summed E-state index contributed by atoms with van der Waals surface area (Å²) in [6.07, 6.45) is 1.67. The van der Waals surface area contributed by atoms with Gasteiger partial charge in [0, 0.05) is 36.6 Å². The zero-order valence-electron chi connectivity index (χ0n) is 10.7. The van der Waals surface area contributed by atoms with Gasteiger partial charge in [0.05, 0.1) is 12.3 Å². The number of carbonyl (C=O) groups is 1. The van der Waals surface area contributed by atoms with Gasteiger partial charge in [0.25, 0.3) is 0 Å². The first-order valence-corrected chi connectivity index (χ1v) is 7.42. The van der Waals surface area contributed by atoms with Crippen molar-refractivity contribution < 1.29 is 9.90 Å². The molecule has 2 aliphatic rings. The zero-order chi connectivity index (χ0) is 13.4. The Morgan fingerprint density at radius 3 is 2.95 bits per heavy atom. The molecule has 1 aromatic rings. The quantitative estimate of drug-likeness (QED) is 0.901. The minimum Gasteiger partial charge on any atom is -0.392 e. The summed E-state index contributed by atoms with van der Waals surface area (Å²) in [7, 11) is 0. The molecule has 4 nitrogen and oxygen atoms in total. The molecule has 0 spiro atoms. The molecule has 0 aromatic heterocycles. The highest BCUT2D eigenvalue weighted by molar-refractivity contribution is 9.10. The van der Waals surface area contributed by atoms with E-state index in [1.807, 2.05) is 23.1 Å². The maximum atomic E-state index is 11.7. The van der Waals surface area contributed by atoms with Crippen molar-refractivity contribution in [2.24, 2.45) is 0 Å². The van der Waals surface area contributed by atoms with Crippen LogP contribution in [0.25, 0.3) is 0 Å². The number of hydrogen-bond donors (Lipinski definition) is 1. The molecule has 0 radical (unpaired) electrons. The van der Waals surface area contributed by atoms with Crippen LogP contribution in [0.3, 0.4) is 0 Å². The third-order valence-electron chi connectivity index (χ3n) is 4.03. The van der Waals surface area contributed by atoms with Crippen molar-refractivity contribution in [1.82, 2.24) is 4.90 Å². The highest BCUT2D eigenvalue weighted by atomic mass is 79.9. The van der Waals surface area contributed by atoms with E-state index in [4.69, 9.17) is 5.11 Å². The molecule has 0 saturated carbocycles. The van der Waals surface area contributed by atoms with E-state index in [9.17, 15) is 4.79 Å². The average Bonchev–Trinajstić information content (AvgIpc) is 2.79. The van der Waals surface area contributed by atoms with Crippen molar-refractivity contribution in [2.45, 2.75) is 25.5 Å². The number of fused-ring (bicyclic) bond motifs is 1. The summed E-state index contributed by atoms with van der Waals surface area (Å²) in [6.45, 7) is 2.66. The summed E-state index contributed by atoms with van der Waals surface area (Å²) < 4.78 is 1.01.